The molecular weight excluding hydrogens is 799 g/mol. The third kappa shape index (κ3) is 22.9. The van der Waals surface area contributed by atoms with Crippen LogP contribution >= 0.6 is 0 Å². The number of aliphatic hydroxyl groups excluding tert-OH is 8. The number of hydrogen-bond acceptors (Lipinski definition) is 13. The van der Waals surface area contributed by atoms with Crippen molar-refractivity contribution in [3.05, 3.63) is 36.5 Å². The summed E-state index contributed by atoms with van der Waals surface area (Å²) in [4.78, 5) is 13.1. The normalized spacial score (nSPS) is 28.0. The molecule has 14 nitrogen and oxygen atoms in total. The van der Waals surface area contributed by atoms with Crippen LogP contribution in [0.4, 0.5) is 0 Å². The van der Waals surface area contributed by atoms with Crippen molar-refractivity contribution in [3.8, 4) is 0 Å². The van der Waals surface area contributed by atoms with E-state index in [0.29, 0.717) is 12.8 Å². The van der Waals surface area contributed by atoms with Crippen molar-refractivity contribution in [1.29, 1.82) is 0 Å². The van der Waals surface area contributed by atoms with Crippen LogP contribution in [-0.4, -0.2) is 140 Å². The predicted octanol–water partition coefficient (Wildman–Crippen LogP) is 5.54. The number of hydrogen-bond donors (Lipinski definition) is 9. The van der Waals surface area contributed by atoms with Crippen LogP contribution in [0.1, 0.15) is 168 Å². The van der Waals surface area contributed by atoms with Gasteiger partial charge in [-0.15, -0.1) is 0 Å². The summed E-state index contributed by atoms with van der Waals surface area (Å²) in [5.74, 6) is -0.262. The van der Waals surface area contributed by atoms with Gasteiger partial charge in [-0.1, -0.05) is 140 Å². The number of allylic oxidation sites excluding steroid dienone is 5. The first kappa shape index (κ1) is 56.3. The minimum Gasteiger partial charge on any atom is -0.394 e. The van der Waals surface area contributed by atoms with Crippen molar-refractivity contribution >= 4 is 5.91 Å². The Morgan fingerprint density at radius 2 is 1.03 bits per heavy atom. The predicted molar refractivity (Wildman–Crippen MR) is 240 cm³/mol. The smallest absolute Gasteiger partial charge is 0.220 e. The largest absolute Gasteiger partial charge is 0.394 e. The zero-order valence-electron chi connectivity index (χ0n) is 38.1. The van der Waals surface area contributed by atoms with Crippen LogP contribution < -0.4 is 5.32 Å². The molecule has 2 saturated heterocycles. The molecule has 14 heteroatoms. The maximum atomic E-state index is 13.1. The summed E-state index contributed by atoms with van der Waals surface area (Å²) in [6, 6.07) is -0.932. The van der Waals surface area contributed by atoms with Gasteiger partial charge in [0.15, 0.2) is 12.6 Å². The van der Waals surface area contributed by atoms with E-state index in [1.807, 2.05) is 6.08 Å². The second-order valence-corrected chi connectivity index (χ2v) is 17.2. The van der Waals surface area contributed by atoms with E-state index >= 15 is 0 Å². The minimum absolute atomic E-state index is 0.262. The highest BCUT2D eigenvalue weighted by Gasteiger charge is 2.51. The Morgan fingerprint density at radius 1 is 0.565 bits per heavy atom. The van der Waals surface area contributed by atoms with Crippen molar-refractivity contribution in [2.24, 2.45) is 0 Å². The summed E-state index contributed by atoms with van der Waals surface area (Å²) >= 11 is 0. The lowest BCUT2D eigenvalue weighted by Gasteiger charge is -2.46. The Balaban J connectivity index is 1.90. The monoisotopic (exact) mass is 886 g/mol. The maximum absolute atomic E-state index is 13.1. The van der Waals surface area contributed by atoms with Gasteiger partial charge < -0.3 is 65.1 Å². The molecule has 0 spiro atoms. The molecule has 0 aromatic carbocycles. The van der Waals surface area contributed by atoms with Crippen molar-refractivity contribution in [1.82, 2.24) is 5.32 Å². The standard InChI is InChI=1S/C48H87NO13/c1-3-5-7-9-11-13-15-17-18-19-20-21-23-25-27-29-31-37(52)36(49-40(53)32-30-28-26-24-22-16-14-12-10-8-6-4-2)35-59-47-45(58)43(56)46(39(34-51)61-47)62-48-44(57)42(55)41(54)38(33-50)60-48/h12,14,21,23,29,31,36-39,41-48,50-52,54-58H,3-11,13,15-20,22,24-28,30,32-35H2,1-2H3,(H,49,53)/b14-12-,23-21+,31-29+. The van der Waals surface area contributed by atoms with Gasteiger partial charge in [0.25, 0.3) is 0 Å². The number of carbonyl (C=O) groups is 1. The van der Waals surface area contributed by atoms with E-state index in [2.05, 4.69) is 43.5 Å². The zero-order valence-corrected chi connectivity index (χ0v) is 38.1. The Kier molecular flexibility index (Phi) is 32.2. The van der Waals surface area contributed by atoms with Gasteiger partial charge in [-0.25, -0.2) is 0 Å². The zero-order chi connectivity index (χ0) is 45.4. The van der Waals surface area contributed by atoms with Crippen LogP contribution in [0.3, 0.4) is 0 Å². The van der Waals surface area contributed by atoms with Crippen LogP contribution in [0.15, 0.2) is 36.5 Å². The molecule has 0 bridgehead atoms. The molecule has 2 aliphatic rings. The molecule has 9 N–H and O–H groups in total. The van der Waals surface area contributed by atoms with Crippen LogP contribution in [0.5, 0.6) is 0 Å². The van der Waals surface area contributed by atoms with E-state index in [4.69, 9.17) is 18.9 Å². The molecule has 0 aliphatic carbocycles. The maximum Gasteiger partial charge on any atom is 0.220 e. The quantitative estimate of drug-likeness (QED) is 0.0279. The summed E-state index contributed by atoms with van der Waals surface area (Å²) in [5, 5.41) is 86.5. The number of aliphatic hydroxyl groups is 8. The lowest BCUT2D eigenvalue weighted by molar-refractivity contribution is -0.359. The topological polar surface area (TPSA) is 228 Å². The summed E-state index contributed by atoms with van der Waals surface area (Å²) in [6.07, 6.45) is 21.9. The van der Waals surface area contributed by atoms with Gasteiger partial charge in [-0.05, 0) is 57.8 Å². The van der Waals surface area contributed by atoms with E-state index < -0.39 is 86.8 Å². The first-order valence-electron chi connectivity index (χ1n) is 24.2. The molecule has 12 atom stereocenters. The first-order valence-corrected chi connectivity index (χ1v) is 24.2. The summed E-state index contributed by atoms with van der Waals surface area (Å²) in [5.41, 5.74) is 0. The molecule has 2 aliphatic heterocycles. The molecule has 62 heavy (non-hydrogen) atoms. The third-order valence-corrected chi connectivity index (χ3v) is 11.8. The minimum atomic E-state index is -1.79. The van der Waals surface area contributed by atoms with E-state index in [9.17, 15) is 45.6 Å². The first-order chi connectivity index (χ1) is 30.1. The SMILES string of the molecule is CCCCC/C=C\CCCCCCCC(=O)NC(COC1OC(CO)C(OC2OC(CO)C(O)C(O)C2O)C(O)C1O)C(O)/C=C/CC/C=C/CCCCCCCCCCCC. The highest BCUT2D eigenvalue weighted by Crippen LogP contribution is 2.30. The van der Waals surface area contributed by atoms with E-state index in [-0.39, 0.29) is 18.9 Å². The Morgan fingerprint density at radius 3 is 1.61 bits per heavy atom. The summed E-state index contributed by atoms with van der Waals surface area (Å²) in [7, 11) is 0. The van der Waals surface area contributed by atoms with Gasteiger partial charge in [0.05, 0.1) is 32.0 Å². The Hall–Kier alpha value is -1.79. The third-order valence-electron chi connectivity index (χ3n) is 11.8. The number of amides is 1. The second-order valence-electron chi connectivity index (χ2n) is 17.2. The van der Waals surface area contributed by atoms with Crippen molar-refractivity contribution < 1.29 is 64.6 Å². The van der Waals surface area contributed by atoms with E-state index in [1.165, 1.54) is 83.5 Å². The summed E-state index contributed by atoms with van der Waals surface area (Å²) in [6.45, 7) is 2.71. The van der Waals surface area contributed by atoms with Gasteiger partial charge >= 0.3 is 0 Å². The number of unbranched alkanes of at least 4 members (excludes halogenated alkanes) is 19. The van der Waals surface area contributed by atoms with Gasteiger partial charge in [-0.3, -0.25) is 4.79 Å². The fourth-order valence-electron chi connectivity index (χ4n) is 7.77. The number of nitrogens with one attached hydrogen (secondary N) is 1. The average Bonchev–Trinajstić information content (AvgIpc) is 3.27. The highest BCUT2D eigenvalue weighted by molar-refractivity contribution is 5.76. The van der Waals surface area contributed by atoms with Gasteiger partial charge in [0.2, 0.25) is 5.91 Å². The number of carbonyl (C=O) groups excluding carboxylic acids is 1. The van der Waals surface area contributed by atoms with Crippen LogP contribution in [-0.2, 0) is 23.7 Å². The number of rotatable bonds is 36. The van der Waals surface area contributed by atoms with Gasteiger partial charge in [0.1, 0.15) is 48.8 Å². The second kappa shape index (κ2) is 35.5. The molecule has 12 unspecified atom stereocenters. The Bertz CT molecular complexity index is 1190. The van der Waals surface area contributed by atoms with Gasteiger partial charge in [-0.2, -0.15) is 0 Å². The van der Waals surface area contributed by atoms with Crippen molar-refractivity contribution in [2.75, 3.05) is 19.8 Å². The molecule has 2 heterocycles. The lowest BCUT2D eigenvalue weighted by Crippen LogP contribution is -2.65. The van der Waals surface area contributed by atoms with Crippen LogP contribution in [0, 0.1) is 0 Å². The molecule has 1 amide bonds. The fourth-order valence-corrected chi connectivity index (χ4v) is 7.77. The van der Waals surface area contributed by atoms with E-state index in [0.717, 1.165) is 51.4 Å². The molecule has 2 fully saturated rings. The molecule has 0 aromatic rings. The van der Waals surface area contributed by atoms with Crippen LogP contribution in [0.25, 0.3) is 0 Å². The number of ether oxygens (including phenoxy) is 4. The van der Waals surface area contributed by atoms with Gasteiger partial charge in [0, 0.05) is 6.42 Å². The average molecular weight is 886 g/mol. The molecule has 0 saturated carbocycles. The lowest BCUT2D eigenvalue weighted by atomic mass is 9.97. The molecule has 0 aromatic heterocycles. The molecule has 2 rings (SSSR count). The Labute approximate surface area is 372 Å². The highest BCUT2D eigenvalue weighted by atomic mass is 16.7. The molecule has 0 radical (unpaired) electrons. The molecule has 362 valence electrons. The van der Waals surface area contributed by atoms with Crippen molar-refractivity contribution in [3.63, 3.8) is 0 Å². The van der Waals surface area contributed by atoms with Crippen LogP contribution in [0.2, 0.25) is 0 Å². The van der Waals surface area contributed by atoms with Crippen molar-refractivity contribution in [2.45, 2.75) is 242 Å². The summed E-state index contributed by atoms with van der Waals surface area (Å²) < 4.78 is 22.6. The molecular formula is C48H87NO13. The van der Waals surface area contributed by atoms with E-state index in [1.54, 1.807) is 6.08 Å². The fraction of sp³-hybridized carbons (Fsp3) is 0.854.